The zero-order valence-corrected chi connectivity index (χ0v) is 7.76. The maximum absolute atomic E-state index is 10.8. The number of carbonyl (C=O) groups excluding carboxylic acids is 1. The van der Waals surface area contributed by atoms with Crippen LogP contribution in [0.1, 0.15) is 11.1 Å². The number of amides is 1. The molecule has 0 bridgehead atoms. The number of anilines is 1. The molecule has 0 fully saturated rings. The molecule has 1 aromatic carbocycles. The van der Waals surface area contributed by atoms with Crippen molar-refractivity contribution in [2.24, 2.45) is 0 Å². The van der Waals surface area contributed by atoms with Gasteiger partial charge in [-0.05, 0) is 25.5 Å². The fourth-order valence-corrected chi connectivity index (χ4v) is 1.10. The minimum absolute atomic E-state index is 0.549. The lowest BCUT2D eigenvalue weighted by Crippen LogP contribution is -2.10. The Labute approximate surface area is 77.7 Å². The SMILES string of the molecule is [CH2]OC(=O)Nc1ccc(C)cc1C. The van der Waals surface area contributed by atoms with E-state index < -0.39 is 6.09 Å². The van der Waals surface area contributed by atoms with E-state index in [1.54, 1.807) is 0 Å². The number of benzene rings is 1. The van der Waals surface area contributed by atoms with Crippen LogP contribution in [0.5, 0.6) is 0 Å². The molecule has 0 aliphatic heterocycles. The molecule has 0 aromatic heterocycles. The van der Waals surface area contributed by atoms with Gasteiger partial charge in [-0.3, -0.25) is 5.32 Å². The van der Waals surface area contributed by atoms with Gasteiger partial charge in [0.1, 0.15) is 7.11 Å². The molecule has 69 valence electrons. The van der Waals surface area contributed by atoms with E-state index in [1.807, 2.05) is 32.0 Å². The summed E-state index contributed by atoms with van der Waals surface area (Å²) in [5.74, 6) is 0. The van der Waals surface area contributed by atoms with Gasteiger partial charge in [0.15, 0.2) is 0 Å². The van der Waals surface area contributed by atoms with Crippen molar-refractivity contribution in [3.8, 4) is 0 Å². The fourth-order valence-electron chi connectivity index (χ4n) is 1.10. The monoisotopic (exact) mass is 178 g/mol. The van der Waals surface area contributed by atoms with Crippen molar-refractivity contribution in [1.82, 2.24) is 0 Å². The first kappa shape index (κ1) is 9.58. The number of nitrogens with one attached hydrogen (secondary N) is 1. The molecule has 0 heterocycles. The number of carbonyl (C=O) groups is 1. The van der Waals surface area contributed by atoms with E-state index in [2.05, 4.69) is 17.2 Å². The summed E-state index contributed by atoms with van der Waals surface area (Å²) in [4.78, 5) is 10.8. The second-order valence-electron chi connectivity index (χ2n) is 2.88. The Morgan fingerprint density at radius 1 is 1.46 bits per heavy atom. The topological polar surface area (TPSA) is 38.3 Å². The Morgan fingerprint density at radius 2 is 2.15 bits per heavy atom. The highest BCUT2D eigenvalue weighted by molar-refractivity contribution is 5.85. The van der Waals surface area contributed by atoms with Gasteiger partial charge < -0.3 is 4.74 Å². The molecule has 1 aromatic rings. The average molecular weight is 178 g/mol. The Morgan fingerprint density at radius 3 is 2.69 bits per heavy atom. The standard InChI is InChI=1S/C10H12NO2/c1-7-4-5-9(8(2)6-7)11-10(12)13-3/h4-6H,3H2,1-2H3,(H,11,12). The molecule has 0 spiro atoms. The van der Waals surface area contributed by atoms with Gasteiger partial charge in [0.2, 0.25) is 0 Å². The quantitative estimate of drug-likeness (QED) is 0.717. The third-order valence-corrected chi connectivity index (χ3v) is 1.75. The van der Waals surface area contributed by atoms with E-state index in [9.17, 15) is 4.79 Å². The predicted octanol–water partition coefficient (Wildman–Crippen LogP) is 2.64. The van der Waals surface area contributed by atoms with E-state index in [1.165, 1.54) is 0 Å². The molecule has 0 saturated carbocycles. The van der Waals surface area contributed by atoms with E-state index in [0.717, 1.165) is 16.8 Å². The molecule has 1 amide bonds. The highest BCUT2D eigenvalue weighted by Crippen LogP contribution is 2.15. The van der Waals surface area contributed by atoms with Crippen LogP contribution in [0.25, 0.3) is 0 Å². The van der Waals surface area contributed by atoms with Crippen molar-refractivity contribution < 1.29 is 9.53 Å². The van der Waals surface area contributed by atoms with Crippen LogP contribution in [0.15, 0.2) is 18.2 Å². The summed E-state index contributed by atoms with van der Waals surface area (Å²) in [7, 11) is 3.02. The lowest BCUT2D eigenvalue weighted by Gasteiger charge is -2.07. The number of ether oxygens (including phenoxy) is 1. The fraction of sp³-hybridized carbons (Fsp3) is 0.200. The summed E-state index contributed by atoms with van der Waals surface area (Å²) in [5, 5.41) is 2.56. The van der Waals surface area contributed by atoms with Gasteiger partial charge in [0.05, 0.1) is 0 Å². The van der Waals surface area contributed by atoms with Crippen molar-refractivity contribution in [2.45, 2.75) is 13.8 Å². The third kappa shape index (κ3) is 2.47. The van der Waals surface area contributed by atoms with Gasteiger partial charge in [-0.25, -0.2) is 4.79 Å². The molecule has 0 aliphatic carbocycles. The number of hydrogen-bond donors (Lipinski definition) is 1. The Hall–Kier alpha value is -1.51. The average Bonchev–Trinajstić information content (AvgIpc) is 2.09. The van der Waals surface area contributed by atoms with Gasteiger partial charge in [-0.1, -0.05) is 17.7 Å². The molecule has 1 N–H and O–H groups in total. The number of aryl methyl sites for hydroxylation is 2. The molecule has 13 heavy (non-hydrogen) atoms. The second-order valence-corrected chi connectivity index (χ2v) is 2.88. The highest BCUT2D eigenvalue weighted by atomic mass is 16.5. The zero-order chi connectivity index (χ0) is 9.84. The molecule has 3 heteroatoms. The Bertz CT molecular complexity index is 321. The lowest BCUT2D eigenvalue weighted by molar-refractivity contribution is 0.199. The minimum Gasteiger partial charge on any atom is -0.446 e. The summed E-state index contributed by atoms with van der Waals surface area (Å²) < 4.78 is 4.24. The molecule has 3 nitrogen and oxygen atoms in total. The van der Waals surface area contributed by atoms with Crippen molar-refractivity contribution in [2.75, 3.05) is 5.32 Å². The summed E-state index contributed by atoms with van der Waals surface area (Å²) in [6, 6.07) is 5.74. The zero-order valence-electron chi connectivity index (χ0n) is 7.76. The Kier molecular flexibility index (Phi) is 2.90. The molecule has 1 rings (SSSR count). The van der Waals surface area contributed by atoms with Crippen LogP contribution in [0, 0.1) is 21.0 Å². The van der Waals surface area contributed by atoms with E-state index in [4.69, 9.17) is 0 Å². The predicted molar refractivity (Wildman–Crippen MR) is 51.4 cm³/mol. The molecular weight excluding hydrogens is 166 g/mol. The van der Waals surface area contributed by atoms with E-state index >= 15 is 0 Å². The Balaban J connectivity index is 2.83. The molecule has 0 aliphatic rings. The first-order chi connectivity index (χ1) is 6.13. The van der Waals surface area contributed by atoms with E-state index in [-0.39, 0.29) is 0 Å². The number of hydrogen-bond acceptors (Lipinski definition) is 2. The van der Waals surface area contributed by atoms with Crippen LogP contribution in [-0.2, 0) is 4.74 Å². The van der Waals surface area contributed by atoms with Gasteiger partial charge in [0, 0.05) is 5.69 Å². The maximum Gasteiger partial charge on any atom is 0.411 e. The number of rotatable bonds is 1. The third-order valence-electron chi connectivity index (χ3n) is 1.75. The summed E-state index contributed by atoms with van der Waals surface area (Å²) in [6.45, 7) is 3.92. The summed E-state index contributed by atoms with van der Waals surface area (Å²) >= 11 is 0. The first-order valence-electron chi connectivity index (χ1n) is 3.93. The lowest BCUT2D eigenvalue weighted by atomic mass is 10.1. The van der Waals surface area contributed by atoms with Crippen LogP contribution in [-0.4, -0.2) is 6.09 Å². The van der Waals surface area contributed by atoms with Crippen molar-refractivity contribution in [1.29, 1.82) is 0 Å². The normalized spacial score (nSPS) is 9.46. The van der Waals surface area contributed by atoms with Crippen LogP contribution in [0.3, 0.4) is 0 Å². The van der Waals surface area contributed by atoms with Crippen molar-refractivity contribution >= 4 is 11.8 Å². The van der Waals surface area contributed by atoms with Gasteiger partial charge >= 0.3 is 6.09 Å². The first-order valence-corrected chi connectivity index (χ1v) is 3.93. The van der Waals surface area contributed by atoms with Crippen molar-refractivity contribution in [3.63, 3.8) is 0 Å². The minimum atomic E-state index is -0.549. The van der Waals surface area contributed by atoms with Crippen LogP contribution in [0.2, 0.25) is 0 Å². The molecule has 0 unspecified atom stereocenters. The largest absolute Gasteiger partial charge is 0.446 e. The summed E-state index contributed by atoms with van der Waals surface area (Å²) in [5.41, 5.74) is 2.91. The van der Waals surface area contributed by atoms with Gasteiger partial charge in [-0.2, -0.15) is 0 Å². The molecule has 0 atom stereocenters. The van der Waals surface area contributed by atoms with E-state index in [0.29, 0.717) is 0 Å². The smallest absolute Gasteiger partial charge is 0.411 e. The van der Waals surface area contributed by atoms with Gasteiger partial charge in [-0.15, -0.1) is 0 Å². The van der Waals surface area contributed by atoms with Gasteiger partial charge in [0.25, 0.3) is 0 Å². The van der Waals surface area contributed by atoms with Crippen LogP contribution >= 0.6 is 0 Å². The molecule has 1 radical (unpaired) electrons. The van der Waals surface area contributed by atoms with Crippen LogP contribution < -0.4 is 5.32 Å². The summed E-state index contributed by atoms with van der Waals surface area (Å²) in [6.07, 6.45) is -0.549. The van der Waals surface area contributed by atoms with Crippen molar-refractivity contribution in [3.05, 3.63) is 36.4 Å². The highest BCUT2D eigenvalue weighted by Gasteiger charge is 2.02. The molecular formula is C10H12NO2. The second kappa shape index (κ2) is 3.94. The van der Waals surface area contributed by atoms with Crippen LogP contribution in [0.4, 0.5) is 10.5 Å². The maximum atomic E-state index is 10.8. The molecule has 0 saturated heterocycles.